The number of alkyl halides is 1. The van der Waals surface area contributed by atoms with Crippen LogP contribution in [0.4, 0.5) is 0 Å². The molecule has 0 radical (unpaired) electrons. The van der Waals surface area contributed by atoms with Gasteiger partial charge in [-0.2, -0.15) is 5.10 Å². The van der Waals surface area contributed by atoms with E-state index in [-0.39, 0.29) is 0 Å². The summed E-state index contributed by atoms with van der Waals surface area (Å²) in [6.45, 7) is 0. The van der Waals surface area contributed by atoms with Gasteiger partial charge < -0.3 is 0 Å². The van der Waals surface area contributed by atoms with Crippen molar-refractivity contribution in [1.82, 2.24) is 10.2 Å². The zero-order valence-electron chi connectivity index (χ0n) is 6.85. The van der Waals surface area contributed by atoms with Gasteiger partial charge in [0.15, 0.2) is 0 Å². The van der Waals surface area contributed by atoms with Crippen molar-refractivity contribution < 1.29 is 0 Å². The maximum Gasteiger partial charge on any atom is 0.0924 e. The van der Waals surface area contributed by atoms with Crippen LogP contribution in [0.15, 0.2) is 18.2 Å². The van der Waals surface area contributed by atoms with Crippen LogP contribution in [0.5, 0.6) is 0 Å². The molecule has 0 fully saturated rings. The summed E-state index contributed by atoms with van der Waals surface area (Å²) in [7, 11) is 0. The Morgan fingerprint density at radius 3 is 3.08 bits per heavy atom. The Kier molecular flexibility index (Phi) is 2.56. The summed E-state index contributed by atoms with van der Waals surface area (Å²) in [6, 6.07) is 5.72. The number of nitrogens with one attached hydrogen (secondary N) is 1. The third-order valence-electron chi connectivity index (χ3n) is 1.94. The number of halogens is 2. The number of H-pyrrole nitrogens is 1. The van der Waals surface area contributed by atoms with Gasteiger partial charge in [0, 0.05) is 21.4 Å². The minimum absolute atomic E-state index is 0.754. The van der Waals surface area contributed by atoms with E-state index in [0.29, 0.717) is 0 Å². The molecule has 1 heterocycles. The summed E-state index contributed by atoms with van der Waals surface area (Å²) in [5, 5.41) is 9.98. The first-order valence-corrected chi connectivity index (χ1v) is 5.49. The number of fused-ring (bicyclic) bond motifs is 1. The normalized spacial score (nSPS) is 10.9. The highest BCUT2D eigenvalue weighted by molar-refractivity contribution is 9.09. The second-order valence-corrected chi connectivity index (χ2v) is 4.03. The van der Waals surface area contributed by atoms with Crippen LogP contribution in [-0.4, -0.2) is 15.5 Å². The Balaban J connectivity index is 2.58. The number of aryl methyl sites for hydroxylation is 1. The van der Waals surface area contributed by atoms with Gasteiger partial charge in [-0.1, -0.05) is 27.5 Å². The van der Waals surface area contributed by atoms with Crippen LogP contribution in [0.3, 0.4) is 0 Å². The lowest BCUT2D eigenvalue weighted by Crippen LogP contribution is -1.85. The zero-order valence-corrected chi connectivity index (χ0v) is 9.19. The monoisotopic (exact) mass is 258 g/mol. The molecule has 4 heteroatoms. The average molecular weight is 260 g/mol. The molecular formula is C9H8BrClN2. The van der Waals surface area contributed by atoms with Crippen molar-refractivity contribution in [2.45, 2.75) is 6.42 Å². The van der Waals surface area contributed by atoms with E-state index in [2.05, 4.69) is 26.1 Å². The van der Waals surface area contributed by atoms with Gasteiger partial charge in [-0.25, -0.2) is 0 Å². The first-order chi connectivity index (χ1) is 6.31. The Bertz CT molecular complexity index is 424. The van der Waals surface area contributed by atoms with E-state index in [9.17, 15) is 0 Å². The lowest BCUT2D eigenvalue weighted by molar-refractivity contribution is 0.999. The van der Waals surface area contributed by atoms with E-state index < -0.39 is 0 Å². The number of aromatic amines is 1. The molecule has 13 heavy (non-hydrogen) atoms. The fraction of sp³-hybridized carbons (Fsp3) is 0.222. The number of aromatic nitrogens is 2. The first kappa shape index (κ1) is 9.03. The van der Waals surface area contributed by atoms with Gasteiger partial charge in [-0.3, -0.25) is 5.10 Å². The largest absolute Gasteiger partial charge is 0.281 e. The molecule has 0 unspecified atom stereocenters. The third kappa shape index (κ3) is 1.71. The van der Waals surface area contributed by atoms with Crippen LogP contribution in [0.1, 0.15) is 5.69 Å². The molecule has 0 aliphatic rings. The fourth-order valence-electron chi connectivity index (χ4n) is 1.32. The van der Waals surface area contributed by atoms with E-state index in [0.717, 1.165) is 33.4 Å². The highest BCUT2D eigenvalue weighted by atomic mass is 79.9. The summed E-state index contributed by atoms with van der Waals surface area (Å²) < 4.78 is 0. The van der Waals surface area contributed by atoms with Crippen LogP contribution < -0.4 is 0 Å². The van der Waals surface area contributed by atoms with E-state index in [4.69, 9.17) is 11.6 Å². The minimum atomic E-state index is 0.754. The molecule has 0 bridgehead atoms. The molecule has 2 aromatic rings. The van der Waals surface area contributed by atoms with Crippen LogP contribution in [0.25, 0.3) is 10.9 Å². The molecule has 0 spiro atoms. The zero-order chi connectivity index (χ0) is 9.26. The molecule has 2 rings (SSSR count). The minimum Gasteiger partial charge on any atom is -0.281 e. The third-order valence-corrected chi connectivity index (χ3v) is 2.57. The van der Waals surface area contributed by atoms with E-state index in [1.165, 1.54) is 0 Å². The second-order valence-electron chi connectivity index (χ2n) is 2.80. The molecule has 1 N–H and O–H groups in total. The van der Waals surface area contributed by atoms with Crippen molar-refractivity contribution in [3.8, 4) is 0 Å². The van der Waals surface area contributed by atoms with Crippen molar-refractivity contribution in [3.05, 3.63) is 28.9 Å². The summed E-state index contributed by atoms with van der Waals surface area (Å²) >= 11 is 9.29. The van der Waals surface area contributed by atoms with Crippen molar-refractivity contribution in [2.24, 2.45) is 0 Å². The molecule has 1 aromatic heterocycles. The Morgan fingerprint density at radius 1 is 1.46 bits per heavy atom. The predicted molar refractivity (Wildman–Crippen MR) is 58.6 cm³/mol. The topological polar surface area (TPSA) is 28.7 Å². The highest BCUT2D eigenvalue weighted by Crippen LogP contribution is 2.20. The number of rotatable bonds is 2. The van der Waals surface area contributed by atoms with Crippen molar-refractivity contribution >= 4 is 38.4 Å². The van der Waals surface area contributed by atoms with Gasteiger partial charge in [0.2, 0.25) is 0 Å². The van der Waals surface area contributed by atoms with Crippen molar-refractivity contribution in [3.63, 3.8) is 0 Å². The number of benzene rings is 1. The molecule has 0 aliphatic carbocycles. The van der Waals surface area contributed by atoms with Gasteiger partial charge in [0.25, 0.3) is 0 Å². The average Bonchev–Trinajstić information content (AvgIpc) is 2.49. The Labute approximate surface area is 89.4 Å². The predicted octanol–water partition coefficient (Wildman–Crippen LogP) is 3.15. The number of hydrogen-bond acceptors (Lipinski definition) is 1. The van der Waals surface area contributed by atoms with E-state index >= 15 is 0 Å². The van der Waals surface area contributed by atoms with E-state index in [1.54, 1.807) is 0 Å². The lowest BCUT2D eigenvalue weighted by atomic mass is 10.2. The van der Waals surface area contributed by atoms with Gasteiger partial charge in [-0.05, 0) is 24.6 Å². The van der Waals surface area contributed by atoms with Gasteiger partial charge in [-0.15, -0.1) is 0 Å². The van der Waals surface area contributed by atoms with E-state index in [1.807, 2.05) is 18.2 Å². The van der Waals surface area contributed by atoms with Gasteiger partial charge >= 0.3 is 0 Å². The summed E-state index contributed by atoms with van der Waals surface area (Å²) in [6.07, 6.45) is 0.941. The van der Waals surface area contributed by atoms with Crippen LogP contribution in [0.2, 0.25) is 5.02 Å². The Hall–Kier alpha value is -0.540. The van der Waals surface area contributed by atoms with Crippen LogP contribution in [-0.2, 0) is 6.42 Å². The maximum absolute atomic E-state index is 5.89. The molecule has 2 nitrogen and oxygen atoms in total. The van der Waals surface area contributed by atoms with Gasteiger partial charge in [0.05, 0.1) is 5.52 Å². The summed E-state index contributed by atoms with van der Waals surface area (Å²) in [5.41, 5.74) is 2.11. The van der Waals surface area contributed by atoms with Gasteiger partial charge in [0.1, 0.15) is 0 Å². The molecule has 0 saturated heterocycles. The van der Waals surface area contributed by atoms with Crippen LogP contribution in [0, 0.1) is 0 Å². The number of hydrogen-bond donors (Lipinski definition) is 1. The maximum atomic E-state index is 5.89. The standard InChI is InChI=1S/C9H8BrClN2/c10-4-3-9-7-5-6(11)1-2-8(7)12-13-9/h1-2,5H,3-4H2,(H,12,13). The lowest BCUT2D eigenvalue weighted by Gasteiger charge is -1.93. The first-order valence-electron chi connectivity index (χ1n) is 4.00. The molecule has 0 aliphatic heterocycles. The molecule has 0 atom stereocenters. The quantitative estimate of drug-likeness (QED) is 0.825. The smallest absolute Gasteiger partial charge is 0.0924 e. The summed E-state index contributed by atoms with van der Waals surface area (Å²) in [5.74, 6) is 0. The second kappa shape index (κ2) is 3.68. The molecule has 0 saturated carbocycles. The van der Waals surface area contributed by atoms with Crippen molar-refractivity contribution in [2.75, 3.05) is 5.33 Å². The summed E-state index contributed by atoms with van der Waals surface area (Å²) in [4.78, 5) is 0. The molecule has 0 amide bonds. The van der Waals surface area contributed by atoms with Crippen LogP contribution >= 0.6 is 27.5 Å². The molecule has 68 valence electrons. The Morgan fingerprint density at radius 2 is 2.31 bits per heavy atom. The number of nitrogens with zero attached hydrogens (tertiary/aromatic N) is 1. The fourth-order valence-corrected chi connectivity index (χ4v) is 1.89. The molecular weight excluding hydrogens is 251 g/mol. The SMILES string of the molecule is Clc1ccc2n[nH]c(CCBr)c2c1. The molecule has 1 aromatic carbocycles. The van der Waals surface area contributed by atoms with Crippen molar-refractivity contribution in [1.29, 1.82) is 0 Å². The highest BCUT2D eigenvalue weighted by Gasteiger charge is 2.04.